The van der Waals surface area contributed by atoms with E-state index in [0.717, 1.165) is 74.5 Å². The first-order chi connectivity index (χ1) is 18.5. The van der Waals surface area contributed by atoms with Crippen molar-refractivity contribution in [2.75, 3.05) is 38.6 Å². The Morgan fingerprint density at radius 1 is 1.08 bits per heavy atom. The van der Waals surface area contributed by atoms with Gasteiger partial charge < -0.3 is 19.5 Å². The van der Waals surface area contributed by atoms with Gasteiger partial charge in [-0.3, -0.25) is 14.5 Å². The molecule has 1 atom stereocenters. The van der Waals surface area contributed by atoms with Gasteiger partial charge in [-0.1, -0.05) is 6.07 Å². The Morgan fingerprint density at radius 3 is 2.74 bits per heavy atom. The maximum Gasteiger partial charge on any atom is 0.260 e. The molecule has 1 fully saturated rings. The summed E-state index contributed by atoms with van der Waals surface area (Å²) in [6, 6.07) is 9.68. The molecule has 3 aliphatic heterocycles. The number of aromatic nitrogens is 4. The predicted molar refractivity (Wildman–Crippen MR) is 142 cm³/mol. The van der Waals surface area contributed by atoms with Crippen LogP contribution in [-0.2, 0) is 24.2 Å². The van der Waals surface area contributed by atoms with E-state index in [1.165, 1.54) is 0 Å². The smallest absolute Gasteiger partial charge is 0.260 e. The van der Waals surface area contributed by atoms with E-state index in [4.69, 9.17) is 4.74 Å². The summed E-state index contributed by atoms with van der Waals surface area (Å²) >= 11 is 0. The lowest BCUT2D eigenvalue weighted by Gasteiger charge is -2.30. The second kappa shape index (κ2) is 10.2. The molecule has 10 heteroatoms. The first kappa shape index (κ1) is 24.5. The number of amides is 2. The van der Waals surface area contributed by atoms with Gasteiger partial charge in [0.2, 0.25) is 5.91 Å². The van der Waals surface area contributed by atoms with Crippen LogP contribution in [0.5, 0.6) is 5.75 Å². The number of hydrogen-bond donors (Lipinski definition) is 1. The molecule has 6 rings (SSSR count). The number of benzene rings is 1. The normalized spacial score (nSPS) is 18.8. The Kier molecular flexibility index (Phi) is 6.57. The summed E-state index contributed by atoms with van der Waals surface area (Å²) in [5.41, 5.74) is 3.32. The van der Waals surface area contributed by atoms with E-state index in [-0.39, 0.29) is 11.8 Å². The summed E-state index contributed by atoms with van der Waals surface area (Å²) in [6.07, 6.45) is 4.93. The molecule has 10 nitrogen and oxygen atoms in total. The highest BCUT2D eigenvalue weighted by Crippen LogP contribution is 2.31. The van der Waals surface area contributed by atoms with E-state index >= 15 is 0 Å². The van der Waals surface area contributed by atoms with Crippen LogP contribution in [0.1, 0.15) is 59.5 Å². The fourth-order valence-corrected chi connectivity index (χ4v) is 5.80. The van der Waals surface area contributed by atoms with Gasteiger partial charge in [-0.25, -0.2) is 4.98 Å². The van der Waals surface area contributed by atoms with Crippen molar-refractivity contribution in [1.82, 2.24) is 29.5 Å². The van der Waals surface area contributed by atoms with E-state index in [9.17, 15) is 9.59 Å². The quantitative estimate of drug-likeness (QED) is 0.538. The highest BCUT2D eigenvalue weighted by Gasteiger charge is 2.27. The van der Waals surface area contributed by atoms with Gasteiger partial charge >= 0.3 is 0 Å². The zero-order valence-corrected chi connectivity index (χ0v) is 21.9. The minimum Gasteiger partial charge on any atom is -0.496 e. The zero-order chi connectivity index (χ0) is 26.2. The average molecular weight is 516 g/mol. The molecular weight excluding hydrogens is 482 g/mol. The van der Waals surface area contributed by atoms with Crippen LogP contribution < -0.4 is 10.1 Å². The van der Waals surface area contributed by atoms with Gasteiger partial charge in [-0.2, -0.15) is 0 Å². The van der Waals surface area contributed by atoms with Crippen molar-refractivity contribution in [3.05, 3.63) is 52.8 Å². The molecule has 0 bridgehead atoms. The number of carbonyl (C=O) groups excluding carboxylic acids is 2. The Hall–Kier alpha value is -3.79. The van der Waals surface area contributed by atoms with E-state index < -0.39 is 0 Å². The zero-order valence-electron chi connectivity index (χ0n) is 21.9. The molecule has 1 aromatic carbocycles. The van der Waals surface area contributed by atoms with Crippen LogP contribution in [-0.4, -0.2) is 74.7 Å². The standard InChI is InChI=1S/C28H33N7O3/c1-18-8-9-25-31-32-27(35(18)25)22-6-5-7-24(29-22)30-28(37)21-14-20-16-33(13-10-19(20)15-23(21)38-2)17-26(36)34-11-3-4-12-34/h5-7,14-15,18H,3-4,8-13,16-17H2,1-2H3,(H,29,30,37)/t18-/m1/s1. The second-order valence-corrected chi connectivity index (χ2v) is 10.4. The first-order valence-electron chi connectivity index (χ1n) is 13.4. The Balaban J connectivity index is 1.20. The molecule has 0 saturated carbocycles. The summed E-state index contributed by atoms with van der Waals surface area (Å²) in [6.45, 7) is 5.72. The lowest BCUT2D eigenvalue weighted by molar-refractivity contribution is -0.131. The molecule has 3 aliphatic rings. The number of carbonyl (C=O) groups is 2. The van der Waals surface area contributed by atoms with Crippen molar-refractivity contribution in [2.45, 2.75) is 51.6 Å². The summed E-state index contributed by atoms with van der Waals surface area (Å²) in [4.78, 5) is 34.9. The number of likely N-dealkylation sites (tertiary alicyclic amines) is 1. The number of anilines is 1. The fourth-order valence-electron chi connectivity index (χ4n) is 5.80. The molecule has 2 aromatic heterocycles. The molecule has 0 spiro atoms. The molecule has 1 N–H and O–H groups in total. The van der Waals surface area contributed by atoms with Crippen LogP contribution in [0, 0.1) is 0 Å². The molecule has 0 aliphatic carbocycles. The Labute approximate surface area is 222 Å². The number of hydrogen-bond acceptors (Lipinski definition) is 7. The largest absolute Gasteiger partial charge is 0.496 e. The van der Waals surface area contributed by atoms with Crippen molar-refractivity contribution in [1.29, 1.82) is 0 Å². The number of nitrogens with zero attached hydrogens (tertiary/aromatic N) is 6. The van der Waals surface area contributed by atoms with Crippen molar-refractivity contribution in [3.63, 3.8) is 0 Å². The summed E-state index contributed by atoms with van der Waals surface area (Å²) < 4.78 is 7.72. The molecule has 3 aromatic rings. The fraction of sp³-hybridized carbons (Fsp3) is 0.464. The van der Waals surface area contributed by atoms with Crippen LogP contribution >= 0.6 is 0 Å². The van der Waals surface area contributed by atoms with E-state index in [1.807, 2.05) is 29.2 Å². The maximum absolute atomic E-state index is 13.4. The molecule has 198 valence electrons. The topological polar surface area (TPSA) is 105 Å². The number of aryl methyl sites for hydroxylation is 1. The van der Waals surface area contributed by atoms with Gasteiger partial charge in [0.05, 0.1) is 19.2 Å². The molecule has 2 amide bonds. The van der Waals surface area contributed by atoms with Crippen LogP contribution in [0.15, 0.2) is 30.3 Å². The van der Waals surface area contributed by atoms with Crippen molar-refractivity contribution in [2.24, 2.45) is 0 Å². The number of methoxy groups -OCH3 is 1. The van der Waals surface area contributed by atoms with Gasteiger partial charge in [0.25, 0.3) is 5.91 Å². The van der Waals surface area contributed by atoms with Crippen LogP contribution in [0.4, 0.5) is 5.82 Å². The molecule has 1 saturated heterocycles. The Bertz CT molecular complexity index is 1380. The molecule has 0 radical (unpaired) electrons. The lowest BCUT2D eigenvalue weighted by Crippen LogP contribution is -2.41. The number of fused-ring (bicyclic) bond motifs is 2. The minimum absolute atomic E-state index is 0.191. The monoisotopic (exact) mass is 515 g/mol. The third-order valence-electron chi connectivity index (χ3n) is 7.89. The van der Waals surface area contributed by atoms with E-state index in [1.54, 1.807) is 13.2 Å². The summed E-state index contributed by atoms with van der Waals surface area (Å²) in [5, 5.41) is 11.6. The van der Waals surface area contributed by atoms with Crippen molar-refractivity contribution < 1.29 is 14.3 Å². The molecule has 38 heavy (non-hydrogen) atoms. The average Bonchev–Trinajstić information content (AvgIpc) is 3.68. The molecular formula is C28H33N7O3. The highest BCUT2D eigenvalue weighted by atomic mass is 16.5. The van der Waals surface area contributed by atoms with Crippen molar-refractivity contribution in [3.8, 4) is 17.3 Å². The van der Waals surface area contributed by atoms with Crippen LogP contribution in [0.2, 0.25) is 0 Å². The second-order valence-electron chi connectivity index (χ2n) is 10.4. The van der Waals surface area contributed by atoms with Crippen molar-refractivity contribution >= 4 is 17.6 Å². The molecule has 0 unspecified atom stereocenters. The first-order valence-corrected chi connectivity index (χ1v) is 13.4. The lowest BCUT2D eigenvalue weighted by atomic mass is 9.96. The maximum atomic E-state index is 13.4. The number of pyridine rings is 1. The van der Waals surface area contributed by atoms with Gasteiger partial charge in [0.1, 0.15) is 23.1 Å². The van der Waals surface area contributed by atoms with Crippen LogP contribution in [0.25, 0.3) is 11.5 Å². The Morgan fingerprint density at radius 2 is 1.92 bits per heavy atom. The van der Waals surface area contributed by atoms with Gasteiger partial charge in [0.15, 0.2) is 5.82 Å². The summed E-state index contributed by atoms with van der Waals surface area (Å²) in [7, 11) is 1.58. The number of nitrogens with one attached hydrogen (secondary N) is 1. The number of ether oxygens (including phenoxy) is 1. The predicted octanol–water partition coefficient (Wildman–Crippen LogP) is 3.09. The summed E-state index contributed by atoms with van der Waals surface area (Å²) in [5.74, 6) is 2.56. The van der Waals surface area contributed by atoms with Gasteiger partial charge in [-0.05, 0) is 68.0 Å². The highest BCUT2D eigenvalue weighted by molar-refractivity contribution is 6.06. The van der Waals surface area contributed by atoms with E-state index in [2.05, 4.69) is 36.9 Å². The molecule has 5 heterocycles. The van der Waals surface area contributed by atoms with Gasteiger partial charge in [-0.15, -0.1) is 10.2 Å². The third kappa shape index (κ3) is 4.64. The van der Waals surface area contributed by atoms with Gasteiger partial charge in [0, 0.05) is 38.6 Å². The number of rotatable bonds is 6. The third-order valence-corrected chi connectivity index (χ3v) is 7.89. The minimum atomic E-state index is -0.292. The SMILES string of the molecule is COc1cc2c(cc1C(=O)Nc1cccc(-c3nnc4n3[C@H](C)CC4)n1)CN(CC(=O)N1CCCC1)CC2. The van der Waals surface area contributed by atoms with E-state index in [0.29, 0.717) is 42.0 Å². The van der Waals surface area contributed by atoms with Crippen LogP contribution in [0.3, 0.4) is 0 Å².